The smallest absolute Gasteiger partial charge is 0.338 e. The van der Waals surface area contributed by atoms with E-state index in [2.05, 4.69) is 5.32 Å². The van der Waals surface area contributed by atoms with Crippen LogP contribution in [0.3, 0.4) is 0 Å². The predicted molar refractivity (Wildman–Crippen MR) is 104 cm³/mol. The molecule has 2 aromatic rings. The summed E-state index contributed by atoms with van der Waals surface area (Å²) in [5.41, 5.74) is 1.63. The molecule has 1 saturated heterocycles. The summed E-state index contributed by atoms with van der Waals surface area (Å²) in [6, 6.07) is 13.7. The number of benzene rings is 2. The van der Waals surface area contributed by atoms with Gasteiger partial charge in [-0.05, 0) is 43.3 Å². The Labute approximate surface area is 163 Å². The number of ether oxygens (including phenoxy) is 2. The largest absolute Gasteiger partial charge is 0.495 e. The van der Waals surface area contributed by atoms with Gasteiger partial charge in [-0.3, -0.25) is 9.59 Å². The van der Waals surface area contributed by atoms with E-state index in [1.54, 1.807) is 55.3 Å². The minimum absolute atomic E-state index is 0.123. The molecule has 1 fully saturated rings. The highest BCUT2D eigenvalue weighted by atomic mass is 16.5. The van der Waals surface area contributed by atoms with Gasteiger partial charge in [0, 0.05) is 18.7 Å². The summed E-state index contributed by atoms with van der Waals surface area (Å²) < 4.78 is 10.2. The monoisotopic (exact) mass is 382 g/mol. The maximum Gasteiger partial charge on any atom is 0.338 e. The van der Waals surface area contributed by atoms with Crippen molar-refractivity contribution in [1.82, 2.24) is 0 Å². The van der Waals surface area contributed by atoms with Crippen LogP contribution in [0.2, 0.25) is 0 Å². The van der Waals surface area contributed by atoms with Gasteiger partial charge in [-0.1, -0.05) is 12.1 Å². The van der Waals surface area contributed by atoms with Crippen molar-refractivity contribution in [3.8, 4) is 5.75 Å². The first-order chi connectivity index (χ1) is 13.5. The van der Waals surface area contributed by atoms with Gasteiger partial charge < -0.3 is 19.7 Å². The fraction of sp³-hybridized carbons (Fsp3) is 0.286. The predicted octanol–water partition coefficient (Wildman–Crippen LogP) is 2.86. The molecule has 0 unspecified atom stereocenters. The molecule has 2 aromatic carbocycles. The van der Waals surface area contributed by atoms with Gasteiger partial charge in [0.25, 0.3) is 0 Å². The molecule has 1 N–H and O–H groups in total. The first-order valence-corrected chi connectivity index (χ1v) is 9.05. The second-order valence-electron chi connectivity index (χ2n) is 6.36. The Hall–Kier alpha value is -3.35. The second-order valence-corrected chi connectivity index (χ2v) is 6.36. The molecule has 1 aliphatic rings. The number of nitrogens with one attached hydrogen (secondary N) is 1. The van der Waals surface area contributed by atoms with Gasteiger partial charge in [-0.15, -0.1) is 0 Å². The molecule has 0 aromatic heterocycles. The van der Waals surface area contributed by atoms with Crippen LogP contribution in [0.5, 0.6) is 5.75 Å². The third-order valence-electron chi connectivity index (χ3n) is 4.54. The molecule has 0 saturated carbocycles. The number of carbonyl (C=O) groups is 3. The van der Waals surface area contributed by atoms with E-state index in [0.29, 0.717) is 29.3 Å². The number of amides is 2. The van der Waals surface area contributed by atoms with Crippen LogP contribution in [-0.2, 0) is 14.3 Å². The number of hydrogen-bond acceptors (Lipinski definition) is 5. The summed E-state index contributed by atoms with van der Waals surface area (Å²) in [6.07, 6.45) is 0.130. The number of rotatable bonds is 6. The number of para-hydroxylation sites is 2. The molecule has 1 aliphatic heterocycles. The van der Waals surface area contributed by atoms with E-state index in [4.69, 9.17) is 9.47 Å². The van der Waals surface area contributed by atoms with Crippen LogP contribution in [0.15, 0.2) is 48.5 Å². The van der Waals surface area contributed by atoms with E-state index in [1.807, 2.05) is 12.1 Å². The van der Waals surface area contributed by atoms with Crippen LogP contribution < -0.4 is 15.0 Å². The molecular weight excluding hydrogens is 360 g/mol. The minimum Gasteiger partial charge on any atom is -0.495 e. The quantitative estimate of drug-likeness (QED) is 0.777. The molecule has 0 bridgehead atoms. The maximum atomic E-state index is 12.6. The summed E-state index contributed by atoms with van der Waals surface area (Å²) in [6.45, 7) is 2.32. The highest BCUT2D eigenvalue weighted by Gasteiger charge is 2.36. The number of hydrogen-bond donors (Lipinski definition) is 1. The normalized spacial score (nSPS) is 16.0. The van der Waals surface area contributed by atoms with Gasteiger partial charge in [0.1, 0.15) is 5.75 Å². The standard InChI is InChI=1S/C21H22N2O5/c1-3-28-21(26)14-8-10-16(11-9-14)22-20(25)15-12-19(24)23(13-15)17-6-4-5-7-18(17)27-2/h4-11,15H,3,12-13H2,1-2H3,(H,22,25)/t15-/m1/s1. The zero-order valence-electron chi connectivity index (χ0n) is 15.8. The van der Waals surface area contributed by atoms with Crippen molar-refractivity contribution in [3.05, 3.63) is 54.1 Å². The molecular formula is C21H22N2O5. The van der Waals surface area contributed by atoms with Crippen molar-refractivity contribution in [2.75, 3.05) is 30.5 Å². The fourth-order valence-electron chi connectivity index (χ4n) is 3.12. The zero-order chi connectivity index (χ0) is 20.1. The van der Waals surface area contributed by atoms with Crippen LogP contribution in [0.25, 0.3) is 0 Å². The Morgan fingerprint density at radius 3 is 2.54 bits per heavy atom. The van der Waals surface area contributed by atoms with Crippen molar-refractivity contribution in [2.24, 2.45) is 5.92 Å². The number of nitrogens with zero attached hydrogens (tertiary/aromatic N) is 1. The number of esters is 1. The highest BCUT2D eigenvalue weighted by Crippen LogP contribution is 2.33. The molecule has 0 aliphatic carbocycles. The van der Waals surface area contributed by atoms with Crippen LogP contribution in [-0.4, -0.2) is 38.0 Å². The molecule has 1 heterocycles. The van der Waals surface area contributed by atoms with Gasteiger partial charge in [0.15, 0.2) is 0 Å². The van der Waals surface area contributed by atoms with Crippen LogP contribution in [0.4, 0.5) is 11.4 Å². The Bertz CT molecular complexity index is 879. The van der Waals surface area contributed by atoms with Gasteiger partial charge in [0.05, 0.1) is 30.9 Å². The molecule has 7 heteroatoms. The molecule has 0 spiro atoms. The average molecular weight is 382 g/mol. The molecule has 7 nitrogen and oxygen atoms in total. The van der Waals surface area contributed by atoms with Crippen molar-refractivity contribution >= 4 is 29.2 Å². The Balaban J connectivity index is 1.65. The molecule has 0 radical (unpaired) electrons. The average Bonchev–Trinajstić information content (AvgIpc) is 3.10. The second kappa shape index (κ2) is 8.56. The van der Waals surface area contributed by atoms with E-state index in [9.17, 15) is 14.4 Å². The fourth-order valence-corrected chi connectivity index (χ4v) is 3.12. The molecule has 28 heavy (non-hydrogen) atoms. The summed E-state index contributed by atoms with van der Waals surface area (Å²) in [7, 11) is 1.55. The third kappa shape index (κ3) is 4.14. The minimum atomic E-state index is -0.470. The van der Waals surface area contributed by atoms with E-state index >= 15 is 0 Å². The SMILES string of the molecule is CCOC(=O)c1ccc(NC(=O)[C@@H]2CC(=O)N(c3ccccc3OC)C2)cc1. The Kier molecular flexibility index (Phi) is 5.93. The van der Waals surface area contributed by atoms with Gasteiger partial charge in [-0.25, -0.2) is 4.79 Å². The third-order valence-corrected chi connectivity index (χ3v) is 4.54. The first-order valence-electron chi connectivity index (χ1n) is 9.05. The van der Waals surface area contributed by atoms with Gasteiger partial charge >= 0.3 is 5.97 Å². The highest BCUT2D eigenvalue weighted by molar-refractivity contribution is 6.04. The molecule has 1 atom stereocenters. The molecule has 2 amide bonds. The molecule has 146 valence electrons. The van der Waals surface area contributed by atoms with Crippen LogP contribution >= 0.6 is 0 Å². The van der Waals surface area contributed by atoms with E-state index in [1.165, 1.54) is 0 Å². The number of methoxy groups -OCH3 is 1. The lowest BCUT2D eigenvalue weighted by atomic mass is 10.1. The molecule has 3 rings (SSSR count). The van der Waals surface area contributed by atoms with Crippen molar-refractivity contribution in [1.29, 1.82) is 0 Å². The van der Waals surface area contributed by atoms with Gasteiger partial charge in [-0.2, -0.15) is 0 Å². The Morgan fingerprint density at radius 2 is 1.86 bits per heavy atom. The van der Waals surface area contributed by atoms with Crippen LogP contribution in [0, 0.1) is 5.92 Å². The van der Waals surface area contributed by atoms with Crippen molar-refractivity contribution in [2.45, 2.75) is 13.3 Å². The van der Waals surface area contributed by atoms with Crippen molar-refractivity contribution < 1.29 is 23.9 Å². The number of carbonyl (C=O) groups excluding carboxylic acids is 3. The summed E-state index contributed by atoms with van der Waals surface area (Å²) in [5.74, 6) is -0.653. The van der Waals surface area contributed by atoms with E-state index in [0.717, 1.165) is 0 Å². The van der Waals surface area contributed by atoms with Gasteiger partial charge in [0.2, 0.25) is 11.8 Å². The lowest BCUT2D eigenvalue weighted by molar-refractivity contribution is -0.122. The Morgan fingerprint density at radius 1 is 1.14 bits per heavy atom. The van der Waals surface area contributed by atoms with E-state index < -0.39 is 11.9 Å². The zero-order valence-corrected chi connectivity index (χ0v) is 15.8. The maximum absolute atomic E-state index is 12.6. The van der Waals surface area contributed by atoms with Crippen LogP contribution in [0.1, 0.15) is 23.7 Å². The van der Waals surface area contributed by atoms with Crippen molar-refractivity contribution in [3.63, 3.8) is 0 Å². The van der Waals surface area contributed by atoms with E-state index in [-0.39, 0.29) is 24.8 Å². The topological polar surface area (TPSA) is 84.9 Å². The number of anilines is 2. The summed E-state index contributed by atoms with van der Waals surface area (Å²) in [4.78, 5) is 38.3. The first kappa shape index (κ1) is 19.4. The lowest BCUT2D eigenvalue weighted by Crippen LogP contribution is -2.28. The lowest BCUT2D eigenvalue weighted by Gasteiger charge is -2.19. The summed E-state index contributed by atoms with van der Waals surface area (Å²) in [5, 5.41) is 2.80. The summed E-state index contributed by atoms with van der Waals surface area (Å²) >= 11 is 0.